The summed E-state index contributed by atoms with van der Waals surface area (Å²) in [7, 11) is 0. The molecule has 0 aromatic heterocycles. The van der Waals surface area contributed by atoms with Gasteiger partial charge >= 0.3 is 0 Å². The summed E-state index contributed by atoms with van der Waals surface area (Å²) in [4.78, 5) is 14.8. The van der Waals surface area contributed by atoms with Crippen molar-refractivity contribution in [1.29, 1.82) is 0 Å². The first-order valence-electron chi connectivity index (χ1n) is 12.6. The van der Waals surface area contributed by atoms with Gasteiger partial charge in [-0.2, -0.15) is 0 Å². The first-order chi connectivity index (χ1) is 15.2. The number of ether oxygens (including phenoxy) is 2. The molecule has 5 rings (SSSR count). The number of nitrogens with one attached hydrogen (secondary N) is 1. The van der Waals surface area contributed by atoms with E-state index in [1.807, 2.05) is 0 Å². The SMILES string of the molecule is O=C(CC1COC1)N[C@H]1CC[C@H](CCN2CCC(c3cccc4c3CCO4)CC2)CC1. The molecule has 170 valence electrons. The van der Waals surface area contributed by atoms with Gasteiger partial charge in [0.1, 0.15) is 5.75 Å². The number of carbonyl (C=O) groups excluding carboxylic acids is 1. The number of fused-ring (bicyclic) bond motifs is 1. The number of benzene rings is 1. The van der Waals surface area contributed by atoms with Gasteiger partial charge in [0.05, 0.1) is 19.8 Å². The molecule has 3 fully saturated rings. The standard InChI is InChI=1S/C26H38N2O3/c29-26(16-20-17-30-18-20)27-22-6-4-19(5-7-22)8-12-28-13-9-21(10-14-28)23-2-1-3-25-24(23)11-15-31-25/h1-3,19-22H,4-18H2,(H,27,29)/t19-,22-. The molecule has 5 nitrogen and oxygen atoms in total. The van der Waals surface area contributed by atoms with Gasteiger partial charge in [-0.05, 0) is 88.0 Å². The van der Waals surface area contributed by atoms with E-state index in [9.17, 15) is 4.79 Å². The second-order valence-corrected chi connectivity index (χ2v) is 10.2. The van der Waals surface area contributed by atoms with Crippen LogP contribution in [0.4, 0.5) is 0 Å². The van der Waals surface area contributed by atoms with Gasteiger partial charge in [-0.3, -0.25) is 4.79 Å². The summed E-state index contributed by atoms with van der Waals surface area (Å²) in [6, 6.07) is 7.04. The molecular formula is C26H38N2O3. The Kier molecular flexibility index (Phi) is 6.80. The average Bonchev–Trinajstić information content (AvgIpc) is 3.25. The third-order valence-electron chi connectivity index (χ3n) is 8.05. The van der Waals surface area contributed by atoms with Gasteiger partial charge in [0.25, 0.3) is 0 Å². The highest BCUT2D eigenvalue weighted by molar-refractivity contribution is 5.76. The minimum absolute atomic E-state index is 0.232. The van der Waals surface area contributed by atoms with Crippen molar-refractivity contribution >= 4 is 5.91 Å². The number of piperidine rings is 1. The topological polar surface area (TPSA) is 50.8 Å². The van der Waals surface area contributed by atoms with Crippen LogP contribution in [-0.4, -0.2) is 56.3 Å². The van der Waals surface area contributed by atoms with Crippen LogP contribution in [0.2, 0.25) is 0 Å². The van der Waals surface area contributed by atoms with E-state index in [1.165, 1.54) is 57.3 Å². The predicted octanol–water partition coefficient (Wildman–Crippen LogP) is 3.90. The molecule has 1 aromatic rings. The molecule has 0 bridgehead atoms. The van der Waals surface area contributed by atoms with E-state index in [-0.39, 0.29) is 5.91 Å². The summed E-state index contributed by atoms with van der Waals surface area (Å²) in [6.45, 7) is 6.08. The van der Waals surface area contributed by atoms with Crippen LogP contribution in [0.1, 0.15) is 68.4 Å². The van der Waals surface area contributed by atoms with E-state index in [0.717, 1.165) is 50.8 Å². The smallest absolute Gasteiger partial charge is 0.220 e. The van der Waals surface area contributed by atoms with E-state index in [0.29, 0.717) is 24.3 Å². The lowest BCUT2D eigenvalue weighted by atomic mass is 9.83. The quantitative estimate of drug-likeness (QED) is 0.718. The fourth-order valence-corrected chi connectivity index (χ4v) is 6.01. The van der Waals surface area contributed by atoms with E-state index >= 15 is 0 Å². The Labute approximate surface area is 186 Å². The van der Waals surface area contributed by atoms with Crippen LogP contribution in [0.3, 0.4) is 0 Å². The number of carbonyl (C=O) groups is 1. The fraction of sp³-hybridized carbons (Fsp3) is 0.731. The van der Waals surface area contributed by atoms with E-state index in [4.69, 9.17) is 9.47 Å². The zero-order chi connectivity index (χ0) is 21.0. The molecule has 5 heteroatoms. The van der Waals surface area contributed by atoms with Gasteiger partial charge in [0, 0.05) is 30.4 Å². The minimum atomic E-state index is 0.232. The first-order valence-corrected chi connectivity index (χ1v) is 12.6. The number of rotatable bonds is 7. The molecule has 0 radical (unpaired) electrons. The Balaban J connectivity index is 0.995. The summed E-state index contributed by atoms with van der Waals surface area (Å²) in [6.07, 6.45) is 10.5. The van der Waals surface area contributed by atoms with Crippen molar-refractivity contribution in [3.63, 3.8) is 0 Å². The van der Waals surface area contributed by atoms with Crippen LogP contribution in [0.5, 0.6) is 5.75 Å². The van der Waals surface area contributed by atoms with Crippen LogP contribution >= 0.6 is 0 Å². The van der Waals surface area contributed by atoms with Gasteiger partial charge in [-0.25, -0.2) is 0 Å². The van der Waals surface area contributed by atoms with Gasteiger partial charge in [-0.15, -0.1) is 0 Å². The second-order valence-electron chi connectivity index (χ2n) is 10.2. The number of hydrogen-bond acceptors (Lipinski definition) is 4. The number of hydrogen-bond donors (Lipinski definition) is 1. The van der Waals surface area contributed by atoms with Gasteiger partial charge in [-0.1, -0.05) is 12.1 Å². The highest BCUT2D eigenvalue weighted by Crippen LogP contribution is 2.37. The van der Waals surface area contributed by atoms with E-state index in [1.54, 1.807) is 5.56 Å². The van der Waals surface area contributed by atoms with Crippen molar-refractivity contribution < 1.29 is 14.3 Å². The largest absolute Gasteiger partial charge is 0.493 e. The van der Waals surface area contributed by atoms with Crippen LogP contribution in [0.25, 0.3) is 0 Å². The molecule has 0 atom stereocenters. The number of likely N-dealkylation sites (tertiary alicyclic amines) is 1. The third kappa shape index (κ3) is 5.25. The molecule has 3 aliphatic heterocycles. The van der Waals surface area contributed by atoms with Crippen molar-refractivity contribution in [2.75, 3.05) is 39.5 Å². The lowest BCUT2D eigenvalue weighted by Gasteiger charge is -2.35. The maximum Gasteiger partial charge on any atom is 0.220 e. The van der Waals surface area contributed by atoms with Crippen LogP contribution in [-0.2, 0) is 16.0 Å². The summed E-state index contributed by atoms with van der Waals surface area (Å²) in [5.74, 6) is 3.36. The Morgan fingerprint density at radius 1 is 1.03 bits per heavy atom. The van der Waals surface area contributed by atoms with Gasteiger partial charge in [0.15, 0.2) is 0 Å². The highest BCUT2D eigenvalue weighted by atomic mass is 16.5. The van der Waals surface area contributed by atoms with Gasteiger partial charge in [0.2, 0.25) is 5.91 Å². The number of nitrogens with zero attached hydrogens (tertiary/aromatic N) is 1. The zero-order valence-corrected chi connectivity index (χ0v) is 18.8. The molecule has 1 saturated carbocycles. The molecule has 1 aromatic carbocycles. The third-order valence-corrected chi connectivity index (χ3v) is 8.05. The summed E-state index contributed by atoms with van der Waals surface area (Å²) < 4.78 is 10.9. The molecule has 1 amide bonds. The number of amides is 1. The molecule has 1 aliphatic carbocycles. The Hall–Kier alpha value is -1.59. The molecule has 2 saturated heterocycles. The second kappa shape index (κ2) is 9.91. The highest BCUT2D eigenvalue weighted by Gasteiger charge is 2.28. The Morgan fingerprint density at radius 2 is 1.84 bits per heavy atom. The van der Waals surface area contributed by atoms with E-state index in [2.05, 4.69) is 28.4 Å². The fourth-order valence-electron chi connectivity index (χ4n) is 6.01. The van der Waals surface area contributed by atoms with Crippen molar-refractivity contribution in [3.8, 4) is 5.75 Å². The summed E-state index contributed by atoms with van der Waals surface area (Å²) in [5.41, 5.74) is 3.03. The average molecular weight is 427 g/mol. The first kappa shape index (κ1) is 21.3. The van der Waals surface area contributed by atoms with Crippen molar-refractivity contribution in [1.82, 2.24) is 10.2 Å². The summed E-state index contributed by atoms with van der Waals surface area (Å²) in [5, 5.41) is 3.27. The molecule has 3 heterocycles. The molecule has 4 aliphatic rings. The molecule has 31 heavy (non-hydrogen) atoms. The molecule has 1 N–H and O–H groups in total. The van der Waals surface area contributed by atoms with E-state index < -0.39 is 0 Å². The normalized spacial score (nSPS) is 27.4. The van der Waals surface area contributed by atoms with Crippen molar-refractivity contribution in [2.45, 2.75) is 69.7 Å². The van der Waals surface area contributed by atoms with Crippen LogP contribution in [0.15, 0.2) is 18.2 Å². The lowest BCUT2D eigenvalue weighted by molar-refractivity contribution is -0.127. The van der Waals surface area contributed by atoms with Crippen LogP contribution < -0.4 is 10.1 Å². The predicted molar refractivity (Wildman–Crippen MR) is 121 cm³/mol. The van der Waals surface area contributed by atoms with Gasteiger partial charge < -0.3 is 19.7 Å². The minimum Gasteiger partial charge on any atom is -0.493 e. The molecular weight excluding hydrogens is 388 g/mol. The summed E-state index contributed by atoms with van der Waals surface area (Å²) >= 11 is 0. The van der Waals surface area contributed by atoms with Crippen molar-refractivity contribution in [2.24, 2.45) is 11.8 Å². The Morgan fingerprint density at radius 3 is 2.58 bits per heavy atom. The van der Waals surface area contributed by atoms with Crippen LogP contribution in [0, 0.1) is 11.8 Å². The maximum absolute atomic E-state index is 12.1. The zero-order valence-electron chi connectivity index (χ0n) is 18.8. The maximum atomic E-state index is 12.1. The Bertz CT molecular complexity index is 747. The lowest BCUT2D eigenvalue weighted by Crippen LogP contribution is -2.41. The molecule has 0 unspecified atom stereocenters. The monoisotopic (exact) mass is 426 g/mol. The molecule has 0 spiro atoms. The van der Waals surface area contributed by atoms with Crippen molar-refractivity contribution in [3.05, 3.63) is 29.3 Å².